The molecule has 96 valence electrons. The van der Waals surface area contributed by atoms with Crippen LogP contribution in [0.3, 0.4) is 0 Å². The number of rotatable bonds is 4. The Morgan fingerprint density at radius 3 is 2.59 bits per heavy atom. The molecular weight excluding hydrogens is 222 g/mol. The lowest BCUT2D eigenvalue weighted by atomic mass is 10.3. The largest absolute Gasteiger partial charge is 0.480 e. The van der Waals surface area contributed by atoms with Crippen LogP contribution in [-0.4, -0.2) is 65.7 Å². The van der Waals surface area contributed by atoms with Gasteiger partial charge in [0.15, 0.2) is 0 Å². The zero-order valence-electron chi connectivity index (χ0n) is 10.1. The van der Waals surface area contributed by atoms with E-state index in [1.165, 1.54) is 4.90 Å². The van der Waals surface area contributed by atoms with Crippen molar-refractivity contribution in [1.82, 2.24) is 15.1 Å². The second-order valence-electron chi connectivity index (χ2n) is 4.95. The fraction of sp³-hybridized carbons (Fsp3) is 0.818. The van der Waals surface area contributed by atoms with Gasteiger partial charge in [0.25, 0.3) is 0 Å². The molecule has 1 unspecified atom stereocenters. The molecule has 1 saturated heterocycles. The highest BCUT2D eigenvalue weighted by atomic mass is 16.4. The van der Waals surface area contributed by atoms with E-state index in [0.717, 1.165) is 32.4 Å². The van der Waals surface area contributed by atoms with Crippen molar-refractivity contribution < 1.29 is 14.7 Å². The third-order valence-corrected chi connectivity index (χ3v) is 3.27. The van der Waals surface area contributed by atoms with Gasteiger partial charge in [0.1, 0.15) is 6.54 Å². The lowest BCUT2D eigenvalue weighted by molar-refractivity contribution is -0.137. The Labute approximate surface area is 101 Å². The quantitative estimate of drug-likeness (QED) is 0.723. The van der Waals surface area contributed by atoms with Gasteiger partial charge in [-0.1, -0.05) is 0 Å². The fourth-order valence-electron chi connectivity index (χ4n) is 2.21. The van der Waals surface area contributed by atoms with Crippen LogP contribution in [0.15, 0.2) is 0 Å². The molecule has 2 N–H and O–H groups in total. The summed E-state index contributed by atoms with van der Waals surface area (Å²) in [5.74, 6) is -0.949. The maximum atomic E-state index is 12.0. The van der Waals surface area contributed by atoms with E-state index in [0.29, 0.717) is 0 Å². The first kappa shape index (κ1) is 12.2. The Morgan fingerprint density at radius 2 is 2.12 bits per heavy atom. The van der Waals surface area contributed by atoms with Gasteiger partial charge in [-0.25, -0.2) is 4.79 Å². The number of likely N-dealkylation sites (tertiary alicyclic amines) is 1. The van der Waals surface area contributed by atoms with Crippen LogP contribution in [-0.2, 0) is 4.79 Å². The highest BCUT2D eigenvalue weighted by Gasteiger charge is 2.35. The molecule has 17 heavy (non-hydrogen) atoms. The summed E-state index contributed by atoms with van der Waals surface area (Å²) in [6.07, 6.45) is 2.78. The van der Waals surface area contributed by atoms with Gasteiger partial charge in [0.2, 0.25) is 0 Å². The van der Waals surface area contributed by atoms with Crippen molar-refractivity contribution in [3.8, 4) is 0 Å². The molecule has 0 aromatic carbocycles. The molecule has 0 bridgehead atoms. The Balaban J connectivity index is 1.85. The van der Waals surface area contributed by atoms with E-state index in [2.05, 4.69) is 10.2 Å². The Hall–Kier alpha value is -1.30. The molecule has 2 fully saturated rings. The minimum atomic E-state index is -0.949. The number of carboxylic acids is 1. The minimum absolute atomic E-state index is 0.130. The van der Waals surface area contributed by atoms with Crippen LogP contribution in [0.25, 0.3) is 0 Å². The van der Waals surface area contributed by atoms with E-state index < -0.39 is 5.97 Å². The Morgan fingerprint density at radius 1 is 1.41 bits per heavy atom. The molecule has 1 atom stereocenters. The van der Waals surface area contributed by atoms with Gasteiger partial charge < -0.3 is 20.2 Å². The van der Waals surface area contributed by atoms with Crippen LogP contribution < -0.4 is 5.32 Å². The molecule has 1 aliphatic carbocycles. The molecule has 0 spiro atoms. The fourth-order valence-corrected chi connectivity index (χ4v) is 2.21. The Bertz CT molecular complexity index is 317. The van der Waals surface area contributed by atoms with Gasteiger partial charge in [0, 0.05) is 18.6 Å². The molecule has 0 aromatic rings. The zero-order chi connectivity index (χ0) is 12.4. The number of hydrogen-bond donors (Lipinski definition) is 2. The van der Waals surface area contributed by atoms with Crippen molar-refractivity contribution in [2.45, 2.75) is 31.3 Å². The standard InChI is InChI=1S/C11H19N3O3/c1-13-5-4-8(6-13)12-11(17)14(7-10(15)16)9-2-3-9/h8-9H,2-7H2,1H3,(H,12,17)(H,15,16). The predicted octanol–water partition coefficient (Wildman–Crippen LogP) is -0.0509. The first-order valence-corrected chi connectivity index (χ1v) is 6.03. The van der Waals surface area contributed by atoms with Gasteiger partial charge in [-0.3, -0.25) is 4.79 Å². The predicted molar refractivity (Wildman–Crippen MR) is 61.8 cm³/mol. The van der Waals surface area contributed by atoms with Crippen LogP contribution in [0.5, 0.6) is 0 Å². The molecule has 2 aliphatic rings. The minimum Gasteiger partial charge on any atom is -0.480 e. The first-order chi connectivity index (χ1) is 8.06. The van der Waals surface area contributed by atoms with Crippen molar-refractivity contribution in [3.63, 3.8) is 0 Å². The van der Waals surface area contributed by atoms with E-state index in [9.17, 15) is 9.59 Å². The number of carboxylic acid groups (broad SMARTS) is 1. The molecule has 2 amide bonds. The molecule has 1 aliphatic heterocycles. The maximum absolute atomic E-state index is 12.0. The summed E-state index contributed by atoms with van der Waals surface area (Å²) in [6, 6.07) is 0.0583. The summed E-state index contributed by atoms with van der Waals surface area (Å²) in [4.78, 5) is 26.3. The van der Waals surface area contributed by atoms with Crippen molar-refractivity contribution in [3.05, 3.63) is 0 Å². The van der Waals surface area contributed by atoms with Gasteiger partial charge >= 0.3 is 12.0 Å². The van der Waals surface area contributed by atoms with Gasteiger partial charge in [-0.05, 0) is 32.9 Å². The first-order valence-electron chi connectivity index (χ1n) is 6.03. The summed E-state index contributed by atoms with van der Waals surface area (Å²) in [6.45, 7) is 1.63. The topological polar surface area (TPSA) is 72.9 Å². The van der Waals surface area contributed by atoms with Crippen LogP contribution in [0.4, 0.5) is 4.79 Å². The summed E-state index contributed by atoms with van der Waals surface area (Å²) in [5.41, 5.74) is 0. The lowest BCUT2D eigenvalue weighted by Gasteiger charge is -2.23. The summed E-state index contributed by atoms with van der Waals surface area (Å²) >= 11 is 0. The van der Waals surface area contributed by atoms with Crippen molar-refractivity contribution >= 4 is 12.0 Å². The highest BCUT2D eigenvalue weighted by molar-refractivity contribution is 5.80. The maximum Gasteiger partial charge on any atom is 0.323 e. The number of hydrogen-bond acceptors (Lipinski definition) is 3. The molecule has 6 nitrogen and oxygen atoms in total. The SMILES string of the molecule is CN1CCC(NC(=O)N(CC(=O)O)C2CC2)C1. The van der Waals surface area contributed by atoms with E-state index in [4.69, 9.17) is 5.11 Å². The van der Waals surface area contributed by atoms with Crippen molar-refractivity contribution in [1.29, 1.82) is 0 Å². The summed E-state index contributed by atoms with van der Waals surface area (Å²) in [7, 11) is 2.02. The lowest BCUT2D eigenvalue weighted by Crippen LogP contribution is -2.48. The number of carbonyl (C=O) groups excluding carboxylic acids is 1. The Kier molecular flexibility index (Phi) is 3.51. The van der Waals surface area contributed by atoms with Crippen LogP contribution in [0, 0.1) is 0 Å². The van der Waals surface area contributed by atoms with Crippen LogP contribution >= 0.6 is 0 Å². The van der Waals surface area contributed by atoms with Gasteiger partial charge in [-0.15, -0.1) is 0 Å². The second-order valence-corrected chi connectivity index (χ2v) is 4.95. The smallest absolute Gasteiger partial charge is 0.323 e. The van der Waals surface area contributed by atoms with Crippen LogP contribution in [0.1, 0.15) is 19.3 Å². The molecule has 0 radical (unpaired) electrons. The third kappa shape index (κ3) is 3.33. The average molecular weight is 241 g/mol. The van der Waals surface area contributed by atoms with Gasteiger partial charge in [-0.2, -0.15) is 0 Å². The average Bonchev–Trinajstić information content (AvgIpc) is 3.00. The summed E-state index contributed by atoms with van der Waals surface area (Å²) in [5, 5.41) is 11.7. The number of urea groups is 1. The number of likely N-dealkylation sites (N-methyl/N-ethyl adjacent to an activating group) is 1. The molecular formula is C11H19N3O3. The van der Waals surface area contributed by atoms with E-state index in [-0.39, 0.29) is 24.7 Å². The number of nitrogens with one attached hydrogen (secondary N) is 1. The molecule has 2 rings (SSSR count). The third-order valence-electron chi connectivity index (χ3n) is 3.27. The van der Waals surface area contributed by atoms with Crippen molar-refractivity contribution in [2.24, 2.45) is 0 Å². The highest BCUT2D eigenvalue weighted by Crippen LogP contribution is 2.26. The van der Waals surface area contributed by atoms with Gasteiger partial charge in [0.05, 0.1) is 0 Å². The number of carbonyl (C=O) groups is 2. The molecule has 1 heterocycles. The van der Waals surface area contributed by atoms with Crippen LogP contribution in [0.2, 0.25) is 0 Å². The monoisotopic (exact) mass is 241 g/mol. The zero-order valence-corrected chi connectivity index (χ0v) is 10.1. The molecule has 1 saturated carbocycles. The summed E-state index contributed by atoms with van der Waals surface area (Å²) < 4.78 is 0. The normalized spacial score (nSPS) is 24.6. The van der Waals surface area contributed by atoms with E-state index in [1.807, 2.05) is 7.05 Å². The number of nitrogens with zero attached hydrogens (tertiary/aromatic N) is 2. The molecule has 0 aromatic heterocycles. The second kappa shape index (κ2) is 4.91. The number of aliphatic carboxylic acids is 1. The van der Waals surface area contributed by atoms with E-state index in [1.54, 1.807) is 0 Å². The van der Waals surface area contributed by atoms with Crippen molar-refractivity contribution in [2.75, 3.05) is 26.7 Å². The molecule has 6 heteroatoms. The van der Waals surface area contributed by atoms with E-state index >= 15 is 0 Å². The number of amides is 2.